The largest absolute Gasteiger partial charge is 0.484 e. The molecular weight excluding hydrogens is 421 g/mol. The maximum atomic E-state index is 13.2. The van der Waals surface area contributed by atoms with Gasteiger partial charge in [-0.05, 0) is 60.4 Å². The summed E-state index contributed by atoms with van der Waals surface area (Å²) >= 11 is 2.04. The number of carbonyl (C=O) groups is 1. The van der Waals surface area contributed by atoms with E-state index in [2.05, 4.69) is 0 Å². The molecular formula is C27H34FNO2S. The first-order chi connectivity index (χ1) is 15.7. The van der Waals surface area contributed by atoms with Gasteiger partial charge in [0.1, 0.15) is 11.6 Å². The van der Waals surface area contributed by atoms with E-state index in [1.165, 1.54) is 69.3 Å². The molecule has 5 heteroatoms. The molecule has 3 nitrogen and oxygen atoms in total. The molecule has 2 atom stereocenters. The number of hydrogen-bond donors (Lipinski definition) is 0. The minimum atomic E-state index is -0.313. The van der Waals surface area contributed by atoms with Crippen molar-refractivity contribution in [2.75, 3.05) is 23.8 Å². The van der Waals surface area contributed by atoms with Gasteiger partial charge in [-0.25, -0.2) is 4.39 Å². The molecule has 172 valence electrons. The normalized spacial score (nSPS) is 22.2. The third-order valence-electron chi connectivity index (χ3n) is 6.86. The highest BCUT2D eigenvalue weighted by Crippen LogP contribution is 2.41. The Bertz CT molecular complexity index is 836. The predicted octanol–water partition coefficient (Wildman–Crippen LogP) is 6.72. The Balaban J connectivity index is 1.37. The second-order valence-corrected chi connectivity index (χ2v) is 10.5. The number of para-hydroxylation sites is 1. The number of nitrogens with zero attached hydrogens (tertiary/aromatic N) is 1. The Morgan fingerprint density at radius 2 is 1.62 bits per heavy atom. The summed E-state index contributed by atoms with van der Waals surface area (Å²) in [5.74, 6) is 2.99. The van der Waals surface area contributed by atoms with Crippen molar-refractivity contribution in [2.45, 2.75) is 56.6 Å². The van der Waals surface area contributed by atoms with Gasteiger partial charge in [0.2, 0.25) is 0 Å². The van der Waals surface area contributed by atoms with Gasteiger partial charge in [-0.15, -0.1) is 0 Å². The molecule has 1 aliphatic carbocycles. The van der Waals surface area contributed by atoms with Crippen LogP contribution in [-0.2, 0) is 4.79 Å². The predicted molar refractivity (Wildman–Crippen MR) is 131 cm³/mol. The molecule has 1 heterocycles. The second kappa shape index (κ2) is 11.7. The van der Waals surface area contributed by atoms with Crippen LogP contribution < -0.4 is 9.64 Å². The molecule has 2 aromatic carbocycles. The molecule has 32 heavy (non-hydrogen) atoms. The highest BCUT2D eigenvalue weighted by Gasteiger charge is 2.33. The lowest BCUT2D eigenvalue weighted by atomic mass is 9.81. The molecule has 2 aromatic rings. The van der Waals surface area contributed by atoms with Crippen LogP contribution in [0.15, 0.2) is 54.6 Å². The highest BCUT2D eigenvalue weighted by atomic mass is 32.2. The molecule has 0 spiro atoms. The standard InChI is InChI=1S/C27H34FNO2S/c28-23-13-15-25(16-14-23)31-19-27(30)29(24-11-7-4-8-12-24)18-26-17-22(20-32-26)21-9-5-2-1-3-6-10-21/h4,7-8,11-16,21-22,26H,1-3,5-6,9-10,17-20H2. The topological polar surface area (TPSA) is 29.5 Å². The van der Waals surface area contributed by atoms with E-state index in [1.807, 2.05) is 47.0 Å². The van der Waals surface area contributed by atoms with Crippen LogP contribution in [0.3, 0.4) is 0 Å². The van der Waals surface area contributed by atoms with Crippen molar-refractivity contribution in [1.29, 1.82) is 0 Å². The van der Waals surface area contributed by atoms with E-state index in [1.54, 1.807) is 12.1 Å². The average molecular weight is 456 g/mol. The van der Waals surface area contributed by atoms with Crippen LogP contribution in [0.1, 0.15) is 51.4 Å². The third-order valence-corrected chi connectivity index (χ3v) is 8.29. The van der Waals surface area contributed by atoms with Crippen molar-refractivity contribution in [1.82, 2.24) is 0 Å². The molecule has 0 radical (unpaired) electrons. The lowest BCUT2D eigenvalue weighted by molar-refractivity contribution is -0.120. The lowest BCUT2D eigenvalue weighted by Crippen LogP contribution is -2.39. The maximum Gasteiger partial charge on any atom is 0.264 e. The molecule has 1 saturated carbocycles. The summed E-state index contributed by atoms with van der Waals surface area (Å²) in [6.07, 6.45) is 10.9. The molecule has 0 N–H and O–H groups in total. The number of carbonyl (C=O) groups excluding carboxylic acids is 1. The molecule has 2 aliphatic rings. The maximum absolute atomic E-state index is 13.2. The number of benzene rings is 2. The van der Waals surface area contributed by atoms with Gasteiger partial charge in [0.15, 0.2) is 6.61 Å². The summed E-state index contributed by atoms with van der Waals surface area (Å²) < 4.78 is 18.8. The fraction of sp³-hybridized carbons (Fsp3) is 0.519. The van der Waals surface area contributed by atoms with E-state index in [0.717, 1.165) is 17.5 Å². The van der Waals surface area contributed by atoms with Crippen LogP contribution in [0.5, 0.6) is 5.75 Å². The van der Waals surface area contributed by atoms with Gasteiger partial charge in [0.05, 0.1) is 0 Å². The number of ether oxygens (including phenoxy) is 1. The Morgan fingerprint density at radius 3 is 2.34 bits per heavy atom. The van der Waals surface area contributed by atoms with Crippen molar-refractivity contribution < 1.29 is 13.9 Å². The minimum Gasteiger partial charge on any atom is -0.484 e. The molecule has 0 bridgehead atoms. The first-order valence-electron chi connectivity index (χ1n) is 12.0. The van der Waals surface area contributed by atoms with Crippen molar-refractivity contribution >= 4 is 23.4 Å². The molecule has 4 rings (SSSR count). The summed E-state index contributed by atoms with van der Waals surface area (Å²) in [6, 6.07) is 15.7. The lowest BCUT2D eigenvalue weighted by Gasteiger charge is -2.27. The van der Waals surface area contributed by atoms with Crippen LogP contribution in [0, 0.1) is 17.7 Å². The number of halogens is 1. The summed E-state index contributed by atoms with van der Waals surface area (Å²) in [7, 11) is 0. The quantitative estimate of drug-likeness (QED) is 0.464. The Labute approximate surface area is 195 Å². The average Bonchev–Trinajstić information content (AvgIpc) is 3.26. The first kappa shape index (κ1) is 23.2. The fourth-order valence-corrected chi connectivity index (χ4v) is 6.63. The highest BCUT2D eigenvalue weighted by molar-refractivity contribution is 8.00. The Kier molecular flexibility index (Phi) is 8.49. The molecule has 1 aliphatic heterocycles. The SMILES string of the molecule is O=C(COc1ccc(F)cc1)N(CC1CC(C2CCCCCCC2)CS1)c1ccccc1. The number of rotatable bonds is 7. The summed E-state index contributed by atoms with van der Waals surface area (Å²) in [5, 5.41) is 0.459. The number of hydrogen-bond acceptors (Lipinski definition) is 3. The van der Waals surface area contributed by atoms with Gasteiger partial charge in [-0.2, -0.15) is 11.8 Å². The molecule has 2 unspecified atom stereocenters. The minimum absolute atomic E-state index is 0.0516. The van der Waals surface area contributed by atoms with E-state index < -0.39 is 0 Å². The zero-order valence-corrected chi connectivity index (χ0v) is 19.6. The van der Waals surface area contributed by atoms with Crippen LogP contribution in [0.25, 0.3) is 0 Å². The van der Waals surface area contributed by atoms with E-state index in [4.69, 9.17) is 4.74 Å². The van der Waals surface area contributed by atoms with Crippen molar-refractivity contribution in [3.05, 3.63) is 60.4 Å². The fourth-order valence-electron chi connectivity index (χ4n) is 5.06. The second-order valence-electron chi connectivity index (χ2n) is 9.14. The third kappa shape index (κ3) is 6.50. The summed E-state index contributed by atoms with van der Waals surface area (Å²) in [4.78, 5) is 15.0. The number of thioether (sulfide) groups is 1. The summed E-state index contributed by atoms with van der Waals surface area (Å²) in [6.45, 7) is 0.660. The molecule has 0 aromatic heterocycles. The van der Waals surface area contributed by atoms with E-state index in [-0.39, 0.29) is 18.3 Å². The van der Waals surface area contributed by atoms with Gasteiger partial charge in [-0.1, -0.05) is 63.1 Å². The van der Waals surface area contributed by atoms with Gasteiger partial charge < -0.3 is 9.64 Å². The number of anilines is 1. The van der Waals surface area contributed by atoms with E-state index in [9.17, 15) is 9.18 Å². The molecule has 2 fully saturated rings. The number of amides is 1. The van der Waals surface area contributed by atoms with Crippen LogP contribution >= 0.6 is 11.8 Å². The monoisotopic (exact) mass is 455 g/mol. The summed E-state index contributed by atoms with van der Waals surface area (Å²) in [5.41, 5.74) is 0.912. The zero-order chi connectivity index (χ0) is 22.2. The van der Waals surface area contributed by atoms with Crippen molar-refractivity contribution in [2.24, 2.45) is 11.8 Å². The van der Waals surface area contributed by atoms with Gasteiger partial charge in [0.25, 0.3) is 5.91 Å². The Hall–Kier alpha value is -2.01. The molecule has 1 saturated heterocycles. The first-order valence-corrected chi connectivity index (χ1v) is 13.1. The van der Waals surface area contributed by atoms with Crippen LogP contribution in [-0.4, -0.2) is 30.1 Å². The van der Waals surface area contributed by atoms with Gasteiger partial charge in [-0.3, -0.25) is 4.79 Å². The van der Waals surface area contributed by atoms with E-state index in [0.29, 0.717) is 17.5 Å². The van der Waals surface area contributed by atoms with Crippen LogP contribution in [0.4, 0.5) is 10.1 Å². The Morgan fingerprint density at radius 1 is 0.938 bits per heavy atom. The smallest absolute Gasteiger partial charge is 0.264 e. The zero-order valence-electron chi connectivity index (χ0n) is 18.8. The van der Waals surface area contributed by atoms with Gasteiger partial charge in [0, 0.05) is 17.5 Å². The van der Waals surface area contributed by atoms with Crippen molar-refractivity contribution in [3.63, 3.8) is 0 Å². The van der Waals surface area contributed by atoms with Gasteiger partial charge >= 0.3 is 0 Å². The van der Waals surface area contributed by atoms with Crippen molar-refractivity contribution in [3.8, 4) is 5.75 Å². The van der Waals surface area contributed by atoms with E-state index >= 15 is 0 Å². The molecule has 1 amide bonds. The van der Waals surface area contributed by atoms with Crippen LogP contribution in [0.2, 0.25) is 0 Å².